The zero-order valence-corrected chi connectivity index (χ0v) is 19.1. The van der Waals surface area contributed by atoms with E-state index in [0.717, 1.165) is 67.8 Å². The minimum Gasteiger partial charge on any atom is -0.369 e. The number of anilines is 1. The summed E-state index contributed by atoms with van der Waals surface area (Å²) in [6.07, 6.45) is 2.51. The first kappa shape index (κ1) is 21.3. The lowest BCUT2D eigenvalue weighted by molar-refractivity contribution is 0.193. The van der Waals surface area contributed by atoms with Crippen molar-refractivity contribution < 1.29 is 4.39 Å². The molecule has 1 aromatic heterocycles. The van der Waals surface area contributed by atoms with Crippen molar-refractivity contribution in [3.8, 4) is 5.69 Å². The van der Waals surface area contributed by atoms with Gasteiger partial charge in [0, 0.05) is 37.6 Å². The second kappa shape index (κ2) is 9.52. The summed E-state index contributed by atoms with van der Waals surface area (Å²) in [5.74, 6) is 0.813. The maximum Gasteiger partial charge on any atom is 0.203 e. The van der Waals surface area contributed by atoms with E-state index < -0.39 is 0 Å². The van der Waals surface area contributed by atoms with Crippen LogP contribution in [0.5, 0.6) is 0 Å². The quantitative estimate of drug-likeness (QED) is 0.530. The fourth-order valence-corrected chi connectivity index (χ4v) is 4.92. The van der Waals surface area contributed by atoms with E-state index in [9.17, 15) is 4.39 Å². The normalized spacial score (nSPS) is 17.8. The molecule has 0 N–H and O–H groups in total. The Kier molecular flexibility index (Phi) is 6.34. The smallest absolute Gasteiger partial charge is 0.203 e. The van der Waals surface area contributed by atoms with Gasteiger partial charge in [0.1, 0.15) is 5.82 Å². The first-order valence-corrected chi connectivity index (χ1v) is 11.8. The average molecular weight is 453 g/mol. The van der Waals surface area contributed by atoms with E-state index in [2.05, 4.69) is 31.4 Å². The molecule has 2 aliphatic heterocycles. The molecule has 0 radical (unpaired) electrons. The fourth-order valence-electron chi connectivity index (χ4n) is 4.61. The van der Waals surface area contributed by atoms with E-state index in [-0.39, 0.29) is 5.82 Å². The summed E-state index contributed by atoms with van der Waals surface area (Å²) in [6, 6.07) is 17.1. The predicted molar refractivity (Wildman–Crippen MR) is 127 cm³/mol. The molecule has 0 aliphatic carbocycles. The number of hydrogen-bond acceptors (Lipinski definition) is 5. The van der Waals surface area contributed by atoms with E-state index in [0.29, 0.717) is 6.67 Å². The lowest BCUT2D eigenvalue weighted by Gasteiger charge is -2.35. The molecule has 0 atom stereocenters. The van der Waals surface area contributed by atoms with Gasteiger partial charge in [0.15, 0.2) is 5.82 Å². The molecule has 168 valence electrons. The largest absolute Gasteiger partial charge is 0.369 e. The molecule has 0 spiro atoms. The third-order valence-electron chi connectivity index (χ3n) is 6.38. The molecule has 0 amide bonds. The SMILES string of the molecule is Fc1ccc(N2CCN(Cn3nc(CN4CCCC4)n(-c4ccccc4)c3=S)CC2)cc1. The van der Waals surface area contributed by atoms with Crippen LogP contribution in [-0.4, -0.2) is 63.4 Å². The Morgan fingerprint density at radius 2 is 1.47 bits per heavy atom. The molecule has 8 heteroatoms. The van der Waals surface area contributed by atoms with Gasteiger partial charge < -0.3 is 4.90 Å². The van der Waals surface area contributed by atoms with Crippen molar-refractivity contribution >= 4 is 17.9 Å². The Hall–Kier alpha value is -2.55. The summed E-state index contributed by atoms with van der Waals surface area (Å²) in [7, 11) is 0. The summed E-state index contributed by atoms with van der Waals surface area (Å²) < 4.78 is 18.1. The minimum absolute atomic E-state index is 0.194. The third-order valence-corrected chi connectivity index (χ3v) is 6.78. The highest BCUT2D eigenvalue weighted by Gasteiger charge is 2.21. The van der Waals surface area contributed by atoms with E-state index in [4.69, 9.17) is 17.3 Å². The molecule has 6 nitrogen and oxygen atoms in total. The minimum atomic E-state index is -0.194. The Morgan fingerprint density at radius 1 is 0.781 bits per heavy atom. The maximum absolute atomic E-state index is 13.2. The number of nitrogens with zero attached hydrogens (tertiary/aromatic N) is 6. The number of piperazine rings is 1. The van der Waals surface area contributed by atoms with E-state index in [1.807, 2.05) is 35.0 Å². The first-order valence-electron chi connectivity index (χ1n) is 11.4. The van der Waals surface area contributed by atoms with Gasteiger partial charge >= 0.3 is 0 Å². The Labute approximate surface area is 193 Å². The van der Waals surface area contributed by atoms with Crippen LogP contribution in [0.15, 0.2) is 54.6 Å². The van der Waals surface area contributed by atoms with Gasteiger partial charge in [-0.2, -0.15) is 5.10 Å². The molecule has 2 saturated heterocycles. The van der Waals surface area contributed by atoms with Crippen LogP contribution in [0.2, 0.25) is 0 Å². The molecule has 2 fully saturated rings. The summed E-state index contributed by atoms with van der Waals surface area (Å²) in [5, 5.41) is 4.97. The fraction of sp³-hybridized carbons (Fsp3) is 0.417. The number of halogens is 1. The van der Waals surface area contributed by atoms with Crippen LogP contribution in [-0.2, 0) is 13.2 Å². The lowest BCUT2D eigenvalue weighted by atomic mass is 10.2. The molecular formula is C24H29FN6S. The molecule has 0 unspecified atom stereocenters. The van der Waals surface area contributed by atoms with Gasteiger partial charge in [0.2, 0.25) is 4.77 Å². The number of benzene rings is 2. The van der Waals surface area contributed by atoms with Gasteiger partial charge in [-0.1, -0.05) is 18.2 Å². The Morgan fingerprint density at radius 3 is 2.16 bits per heavy atom. The van der Waals surface area contributed by atoms with Crippen molar-refractivity contribution in [2.75, 3.05) is 44.2 Å². The van der Waals surface area contributed by atoms with Gasteiger partial charge in [-0.15, -0.1) is 0 Å². The van der Waals surface area contributed by atoms with Crippen molar-refractivity contribution in [3.05, 3.63) is 71.0 Å². The summed E-state index contributed by atoms with van der Waals surface area (Å²) in [5.41, 5.74) is 2.14. The predicted octanol–water partition coefficient (Wildman–Crippen LogP) is 3.92. The lowest BCUT2D eigenvalue weighted by Crippen LogP contribution is -2.47. The number of rotatable bonds is 6. The van der Waals surface area contributed by atoms with Crippen LogP contribution < -0.4 is 4.90 Å². The standard InChI is InChI=1S/C24H29FN6S/c25-20-8-10-21(11-9-20)29-16-14-28(15-17-29)19-30-24(32)31(22-6-2-1-3-7-22)23(26-30)18-27-12-4-5-13-27/h1-3,6-11H,4-5,12-19H2. The van der Waals surface area contributed by atoms with Gasteiger partial charge in [0.05, 0.1) is 13.2 Å². The van der Waals surface area contributed by atoms with Gasteiger partial charge in [-0.05, 0) is 74.5 Å². The number of para-hydroxylation sites is 1. The molecule has 2 aromatic carbocycles. The van der Waals surface area contributed by atoms with Crippen LogP contribution in [0.3, 0.4) is 0 Å². The zero-order chi connectivity index (χ0) is 21.9. The highest BCUT2D eigenvalue weighted by molar-refractivity contribution is 7.71. The molecule has 0 saturated carbocycles. The summed E-state index contributed by atoms with van der Waals surface area (Å²) in [6.45, 7) is 7.39. The average Bonchev–Trinajstić information content (AvgIpc) is 3.44. The van der Waals surface area contributed by atoms with Crippen LogP contribution in [0, 0.1) is 10.6 Å². The molecule has 3 aromatic rings. The monoisotopic (exact) mass is 452 g/mol. The Bertz CT molecular complexity index is 1080. The molecule has 5 rings (SSSR count). The molecule has 32 heavy (non-hydrogen) atoms. The third kappa shape index (κ3) is 4.62. The first-order chi connectivity index (χ1) is 15.7. The highest BCUT2D eigenvalue weighted by atomic mass is 32.1. The number of hydrogen-bond donors (Lipinski definition) is 0. The van der Waals surface area contributed by atoms with Crippen LogP contribution in [0.1, 0.15) is 18.7 Å². The number of likely N-dealkylation sites (tertiary alicyclic amines) is 1. The Balaban J connectivity index is 1.32. The summed E-state index contributed by atoms with van der Waals surface area (Å²) in [4.78, 5) is 7.15. The second-order valence-corrected chi connectivity index (χ2v) is 8.94. The van der Waals surface area contributed by atoms with Crippen molar-refractivity contribution in [3.63, 3.8) is 0 Å². The molecular weight excluding hydrogens is 423 g/mol. The maximum atomic E-state index is 13.2. The van der Waals surface area contributed by atoms with Gasteiger partial charge in [0.25, 0.3) is 0 Å². The summed E-state index contributed by atoms with van der Waals surface area (Å²) >= 11 is 5.89. The van der Waals surface area contributed by atoms with Gasteiger partial charge in [-0.25, -0.2) is 9.07 Å². The van der Waals surface area contributed by atoms with E-state index in [1.165, 1.54) is 25.0 Å². The highest BCUT2D eigenvalue weighted by Crippen LogP contribution is 2.19. The van der Waals surface area contributed by atoms with Crippen LogP contribution in [0.25, 0.3) is 5.69 Å². The second-order valence-electron chi connectivity index (χ2n) is 8.58. The van der Waals surface area contributed by atoms with Crippen molar-refractivity contribution in [2.24, 2.45) is 0 Å². The van der Waals surface area contributed by atoms with Crippen LogP contribution in [0.4, 0.5) is 10.1 Å². The molecule has 3 heterocycles. The van der Waals surface area contributed by atoms with E-state index in [1.54, 1.807) is 0 Å². The van der Waals surface area contributed by atoms with Gasteiger partial charge in [-0.3, -0.25) is 14.4 Å². The molecule has 2 aliphatic rings. The topological polar surface area (TPSA) is 32.5 Å². The van der Waals surface area contributed by atoms with Crippen molar-refractivity contribution in [2.45, 2.75) is 26.1 Å². The van der Waals surface area contributed by atoms with E-state index >= 15 is 0 Å². The van der Waals surface area contributed by atoms with Crippen molar-refractivity contribution in [1.82, 2.24) is 24.1 Å². The zero-order valence-electron chi connectivity index (χ0n) is 18.2. The van der Waals surface area contributed by atoms with Crippen molar-refractivity contribution in [1.29, 1.82) is 0 Å². The number of aromatic nitrogens is 3. The molecule has 0 bridgehead atoms. The van der Waals surface area contributed by atoms with Crippen LogP contribution >= 0.6 is 12.2 Å².